The molecular formula is C18H17Cl2N5O2. The van der Waals surface area contributed by atoms with Gasteiger partial charge in [-0.25, -0.2) is 4.79 Å². The molecule has 1 fully saturated rings. The number of carbonyl (C=O) groups excluding carboxylic acids is 1. The van der Waals surface area contributed by atoms with Gasteiger partial charge < -0.3 is 9.74 Å². The van der Waals surface area contributed by atoms with Crippen LogP contribution in [0.5, 0.6) is 0 Å². The SMILES string of the molecule is O=C(Nc1n[nH]c2ccccc12)ON1CCN(c2ccc(Cl)c(Cl)c2)CC1. The highest BCUT2D eigenvalue weighted by atomic mass is 35.5. The smallest absolute Gasteiger partial charge is 0.369 e. The van der Waals surface area contributed by atoms with Crippen LogP contribution >= 0.6 is 23.2 Å². The number of hydroxylamine groups is 2. The maximum Gasteiger partial charge on any atom is 0.432 e. The summed E-state index contributed by atoms with van der Waals surface area (Å²) >= 11 is 12.0. The van der Waals surface area contributed by atoms with E-state index in [1.165, 1.54) is 0 Å². The number of aromatic amines is 1. The van der Waals surface area contributed by atoms with E-state index in [4.69, 9.17) is 28.0 Å². The largest absolute Gasteiger partial charge is 0.432 e. The average Bonchev–Trinajstić information content (AvgIpc) is 3.07. The van der Waals surface area contributed by atoms with Crippen molar-refractivity contribution in [2.75, 3.05) is 36.4 Å². The third-order valence-electron chi connectivity index (χ3n) is 4.41. The van der Waals surface area contributed by atoms with Gasteiger partial charge in [-0.2, -0.15) is 5.10 Å². The third kappa shape index (κ3) is 3.95. The number of nitrogens with one attached hydrogen (secondary N) is 2. The lowest BCUT2D eigenvalue weighted by molar-refractivity contribution is -0.0966. The minimum absolute atomic E-state index is 0.449. The molecule has 1 aliphatic heterocycles. The Labute approximate surface area is 165 Å². The van der Waals surface area contributed by atoms with Crippen molar-refractivity contribution < 1.29 is 9.63 Å². The zero-order chi connectivity index (χ0) is 18.8. The molecule has 0 aliphatic carbocycles. The number of carbonyl (C=O) groups is 1. The number of benzene rings is 2. The fraction of sp³-hybridized carbons (Fsp3) is 0.222. The normalized spacial score (nSPS) is 15.1. The summed E-state index contributed by atoms with van der Waals surface area (Å²) < 4.78 is 0. The second-order valence-electron chi connectivity index (χ2n) is 6.14. The van der Waals surface area contributed by atoms with Gasteiger partial charge in [-0.3, -0.25) is 10.4 Å². The van der Waals surface area contributed by atoms with Crippen LogP contribution in [-0.2, 0) is 4.84 Å². The summed E-state index contributed by atoms with van der Waals surface area (Å²) in [5.41, 5.74) is 1.85. The predicted molar refractivity (Wildman–Crippen MR) is 106 cm³/mol. The summed E-state index contributed by atoms with van der Waals surface area (Å²) in [6.45, 7) is 2.57. The zero-order valence-electron chi connectivity index (χ0n) is 14.3. The van der Waals surface area contributed by atoms with Crippen molar-refractivity contribution in [1.82, 2.24) is 15.3 Å². The van der Waals surface area contributed by atoms with Gasteiger partial charge in [0, 0.05) is 24.2 Å². The number of nitrogens with zero attached hydrogens (tertiary/aromatic N) is 3. The van der Waals surface area contributed by atoms with Gasteiger partial charge in [0.2, 0.25) is 0 Å². The number of rotatable bonds is 3. The molecule has 1 aliphatic rings. The second kappa shape index (κ2) is 7.64. The van der Waals surface area contributed by atoms with Gasteiger partial charge in [0.1, 0.15) is 0 Å². The van der Waals surface area contributed by atoms with E-state index in [0.29, 0.717) is 42.0 Å². The molecular weight excluding hydrogens is 389 g/mol. The highest BCUT2D eigenvalue weighted by molar-refractivity contribution is 6.42. The Hall–Kier alpha value is -2.48. The zero-order valence-corrected chi connectivity index (χ0v) is 15.8. The Morgan fingerprint density at radius 3 is 2.63 bits per heavy atom. The molecule has 0 radical (unpaired) electrons. The van der Waals surface area contributed by atoms with Gasteiger partial charge in [0.15, 0.2) is 5.82 Å². The van der Waals surface area contributed by atoms with E-state index in [2.05, 4.69) is 20.4 Å². The standard InChI is InChI=1S/C18H17Cl2N5O2/c19-14-6-5-12(11-15(14)20)24-7-9-25(10-8-24)27-18(26)21-17-13-3-1-2-4-16(13)22-23-17/h1-6,11H,7-10H2,(H2,21,22,23,26). The lowest BCUT2D eigenvalue weighted by Crippen LogP contribution is -2.47. The number of hydrogen-bond donors (Lipinski definition) is 2. The highest BCUT2D eigenvalue weighted by Gasteiger charge is 2.21. The summed E-state index contributed by atoms with van der Waals surface area (Å²) in [4.78, 5) is 19.7. The van der Waals surface area contributed by atoms with Crippen molar-refractivity contribution in [2.24, 2.45) is 0 Å². The average molecular weight is 406 g/mol. The van der Waals surface area contributed by atoms with Crippen molar-refractivity contribution in [1.29, 1.82) is 0 Å². The van der Waals surface area contributed by atoms with Crippen LogP contribution in [0.4, 0.5) is 16.3 Å². The molecule has 2 N–H and O–H groups in total. The van der Waals surface area contributed by atoms with E-state index in [1.807, 2.05) is 36.4 Å². The van der Waals surface area contributed by atoms with Crippen molar-refractivity contribution in [2.45, 2.75) is 0 Å². The third-order valence-corrected chi connectivity index (χ3v) is 5.15. The van der Waals surface area contributed by atoms with Crippen LogP contribution in [-0.4, -0.2) is 47.5 Å². The number of halogens is 2. The molecule has 27 heavy (non-hydrogen) atoms. The van der Waals surface area contributed by atoms with Crippen molar-refractivity contribution >= 4 is 51.7 Å². The Morgan fingerprint density at radius 2 is 1.85 bits per heavy atom. The lowest BCUT2D eigenvalue weighted by Gasteiger charge is -2.34. The first-order chi connectivity index (χ1) is 13.1. The van der Waals surface area contributed by atoms with E-state index in [0.717, 1.165) is 16.6 Å². The molecule has 7 nitrogen and oxygen atoms in total. The lowest BCUT2D eigenvalue weighted by atomic mass is 10.2. The highest BCUT2D eigenvalue weighted by Crippen LogP contribution is 2.28. The van der Waals surface area contributed by atoms with E-state index in [9.17, 15) is 4.79 Å². The first kappa shape index (κ1) is 17.9. The predicted octanol–water partition coefficient (Wildman–Crippen LogP) is 4.16. The first-order valence-electron chi connectivity index (χ1n) is 8.47. The van der Waals surface area contributed by atoms with Gasteiger partial charge in [-0.05, 0) is 30.3 Å². The molecule has 1 saturated heterocycles. The quantitative estimate of drug-likeness (QED) is 0.684. The molecule has 140 valence electrons. The number of anilines is 2. The van der Waals surface area contributed by atoms with Crippen molar-refractivity contribution in [3.05, 3.63) is 52.5 Å². The number of aromatic nitrogens is 2. The summed E-state index contributed by atoms with van der Waals surface area (Å²) in [5.74, 6) is 0.449. The molecule has 3 aromatic rings. The summed E-state index contributed by atoms with van der Waals surface area (Å²) in [7, 11) is 0. The minimum atomic E-state index is -0.560. The second-order valence-corrected chi connectivity index (χ2v) is 6.95. The molecule has 4 rings (SSSR count). The van der Waals surface area contributed by atoms with Crippen LogP contribution in [0.3, 0.4) is 0 Å². The molecule has 0 bridgehead atoms. The first-order valence-corrected chi connectivity index (χ1v) is 9.23. The molecule has 1 amide bonds. The fourth-order valence-corrected chi connectivity index (χ4v) is 3.31. The monoisotopic (exact) mass is 405 g/mol. The number of amides is 1. The maximum atomic E-state index is 12.2. The Bertz CT molecular complexity index is 969. The van der Waals surface area contributed by atoms with Gasteiger partial charge in [0.05, 0.1) is 28.7 Å². The molecule has 0 spiro atoms. The summed E-state index contributed by atoms with van der Waals surface area (Å²) in [6, 6.07) is 13.1. The van der Waals surface area contributed by atoms with E-state index < -0.39 is 6.09 Å². The number of para-hydroxylation sites is 1. The van der Waals surface area contributed by atoms with E-state index in [1.54, 1.807) is 11.1 Å². The van der Waals surface area contributed by atoms with Crippen LogP contribution in [0, 0.1) is 0 Å². The van der Waals surface area contributed by atoms with Gasteiger partial charge in [-0.15, -0.1) is 5.06 Å². The van der Waals surface area contributed by atoms with E-state index in [-0.39, 0.29) is 0 Å². The van der Waals surface area contributed by atoms with Gasteiger partial charge >= 0.3 is 6.09 Å². The van der Waals surface area contributed by atoms with Crippen molar-refractivity contribution in [3.8, 4) is 0 Å². The van der Waals surface area contributed by atoms with E-state index >= 15 is 0 Å². The summed E-state index contributed by atoms with van der Waals surface area (Å²) in [6.07, 6.45) is -0.560. The van der Waals surface area contributed by atoms with Crippen molar-refractivity contribution in [3.63, 3.8) is 0 Å². The fourth-order valence-electron chi connectivity index (χ4n) is 3.01. The van der Waals surface area contributed by atoms with Gasteiger partial charge in [0.25, 0.3) is 0 Å². The van der Waals surface area contributed by atoms with Crippen LogP contribution < -0.4 is 10.2 Å². The number of fused-ring (bicyclic) bond motifs is 1. The molecule has 0 atom stereocenters. The molecule has 9 heteroatoms. The molecule has 0 unspecified atom stereocenters. The minimum Gasteiger partial charge on any atom is -0.369 e. The topological polar surface area (TPSA) is 73.5 Å². The number of piperazine rings is 1. The van der Waals surface area contributed by atoms with Crippen LogP contribution in [0.2, 0.25) is 10.0 Å². The Morgan fingerprint density at radius 1 is 1.07 bits per heavy atom. The van der Waals surface area contributed by atoms with Crippen LogP contribution in [0.15, 0.2) is 42.5 Å². The molecule has 2 heterocycles. The Balaban J connectivity index is 1.32. The molecule has 1 aromatic heterocycles. The number of H-pyrrole nitrogens is 1. The van der Waals surface area contributed by atoms with Gasteiger partial charge in [-0.1, -0.05) is 35.3 Å². The van der Waals surface area contributed by atoms with Crippen LogP contribution in [0.1, 0.15) is 0 Å². The molecule has 0 saturated carbocycles. The summed E-state index contributed by atoms with van der Waals surface area (Å²) in [5, 5.41) is 13.2. The number of hydrogen-bond acceptors (Lipinski definition) is 5. The maximum absolute atomic E-state index is 12.2. The Kier molecular flexibility index (Phi) is 5.07. The van der Waals surface area contributed by atoms with Crippen LogP contribution in [0.25, 0.3) is 10.9 Å². The molecule has 2 aromatic carbocycles.